The largest absolute Gasteiger partial charge is 0.508 e. The van der Waals surface area contributed by atoms with E-state index in [2.05, 4.69) is 80.6 Å². The van der Waals surface area contributed by atoms with Crippen molar-refractivity contribution < 1.29 is 14.6 Å². The second kappa shape index (κ2) is 9.15. The standard InChI is InChI=1S/C31H32O3/c1-21-18-25(13-15-28(21)32)31(3,27-12-11-23-8-4-5-9-24(23)20-27)26-14-16-29(22(2)19-26)34-30-10-6-7-17-33-30/h4-5,8-9,11-16,18-20,30,32H,6-7,10,17H2,1-3H3. The van der Waals surface area contributed by atoms with Gasteiger partial charge in [-0.05, 0) is 90.4 Å². The molecule has 1 fully saturated rings. The van der Waals surface area contributed by atoms with Crippen LogP contribution in [0.25, 0.3) is 10.8 Å². The molecule has 5 rings (SSSR count). The molecule has 0 bridgehead atoms. The Balaban J connectivity index is 1.61. The SMILES string of the molecule is Cc1cc(C(C)(c2ccc(OC3CCCCO3)c(C)c2)c2ccc3ccccc3c2)ccc1O. The molecular formula is C31H32O3. The third-order valence-corrected chi connectivity index (χ3v) is 7.25. The highest BCUT2D eigenvalue weighted by molar-refractivity contribution is 5.83. The van der Waals surface area contributed by atoms with Crippen molar-refractivity contribution in [3.8, 4) is 11.5 Å². The van der Waals surface area contributed by atoms with Gasteiger partial charge < -0.3 is 14.6 Å². The van der Waals surface area contributed by atoms with Crippen molar-refractivity contribution in [2.75, 3.05) is 6.61 Å². The molecule has 1 aliphatic rings. The average molecular weight is 453 g/mol. The topological polar surface area (TPSA) is 38.7 Å². The molecule has 1 N–H and O–H groups in total. The summed E-state index contributed by atoms with van der Waals surface area (Å²) in [6, 6.07) is 27.6. The maximum atomic E-state index is 10.2. The van der Waals surface area contributed by atoms with Crippen molar-refractivity contribution in [1.29, 1.82) is 0 Å². The molecule has 0 spiro atoms. The number of ether oxygens (including phenoxy) is 2. The zero-order valence-corrected chi connectivity index (χ0v) is 20.2. The molecule has 3 nitrogen and oxygen atoms in total. The lowest BCUT2D eigenvalue weighted by atomic mass is 9.70. The highest BCUT2D eigenvalue weighted by Gasteiger charge is 2.32. The lowest BCUT2D eigenvalue weighted by Gasteiger charge is -2.33. The zero-order valence-electron chi connectivity index (χ0n) is 20.2. The summed E-state index contributed by atoms with van der Waals surface area (Å²) < 4.78 is 12.0. The van der Waals surface area contributed by atoms with Gasteiger partial charge in [0.05, 0.1) is 6.61 Å². The normalized spacial score (nSPS) is 17.9. The molecule has 4 aromatic carbocycles. The van der Waals surface area contributed by atoms with Gasteiger partial charge in [0, 0.05) is 11.8 Å². The van der Waals surface area contributed by atoms with E-state index in [1.54, 1.807) is 6.07 Å². The Morgan fingerprint density at radius 1 is 0.794 bits per heavy atom. The van der Waals surface area contributed by atoms with Crippen LogP contribution in [-0.2, 0) is 10.2 Å². The number of aryl methyl sites for hydroxylation is 2. The smallest absolute Gasteiger partial charge is 0.199 e. The minimum absolute atomic E-state index is 0.162. The molecule has 2 unspecified atom stereocenters. The first kappa shape index (κ1) is 22.5. The number of phenolic OH excluding ortho intramolecular Hbond substituents is 1. The van der Waals surface area contributed by atoms with Crippen LogP contribution in [0, 0.1) is 13.8 Å². The molecular weight excluding hydrogens is 420 g/mol. The predicted molar refractivity (Wildman–Crippen MR) is 138 cm³/mol. The summed E-state index contributed by atoms with van der Waals surface area (Å²) in [6.07, 6.45) is 3.02. The molecule has 3 heteroatoms. The van der Waals surface area contributed by atoms with Gasteiger partial charge in [0.1, 0.15) is 11.5 Å². The third-order valence-electron chi connectivity index (χ3n) is 7.25. The number of rotatable bonds is 5. The van der Waals surface area contributed by atoms with E-state index in [1.165, 1.54) is 21.9 Å². The van der Waals surface area contributed by atoms with E-state index in [-0.39, 0.29) is 6.29 Å². The van der Waals surface area contributed by atoms with Crippen molar-refractivity contribution in [2.24, 2.45) is 0 Å². The van der Waals surface area contributed by atoms with Crippen molar-refractivity contribution in [3.05, 3.63) is 107 Å². The quantitative estimate of drug-likeness (QED) is 0.320. The number of hydrogen-bond donors (Lipinski definition) is 1. The van der Waals surface area contributed by atoms with Crippen molar-refractivity contribution in [2.45, 2.75) is 51.7 Å². The third kappa shape index (κ3) is 4.17. The molecule has 0 radical (unpaired) electrons. The maximum Gasteiger partial charge on any atom is 0.199 e. The van der Waals surface area contributed by atoms with E-state index in [9.17, 15) is 5.11 Å². The van der Waals surface area contributed by atoms with E-state index in [1.807, 2.05) is 13.0 Å². The van der Waals surface area contributed by atoms with Gasteiger partial charge in [0.2, 0.25) is 0 Å². The molecule has 174 valence electrons. The van der Waals surface area contributed by atoms with Crippen LogP contribution in [0.5, 0.6) is 11.5 Å². The van der Waals surface area contributed by atoms with Crippen LogP contribution in [0.3, 0.4) is 0 Å². The number of aromatic hydroxyl groups is 1. The highest BCUT2D eigenvalue weighted by atomic mass is 16.7. The Bertz CT molecular complexity index is 1320. The first-order valence-electron chi connectivity index (χ1n) is 12.1. The van der Waals surface area contributed by atoms with Crippen LogP contribution in [-0.4, -0.2) is 18.0 Å². The van der Waals surface area contributed by atoms with Gasteiger partial charge in [-0.15, -0.1) is 0 Å². The molecule has 0 amide bonds. The Morgan fingerprint density at radius 3 is 2.18 bits per heavy atom. The summed E-state index contributed by atoms with van der Waals surface area (Å²) in [7, 11) is 0. The van der Waals surface area contributed by atoms with Crippen molar-refractivity contribution >= 4 is 10.8 Å². The Hall–Kier alpha value is -3.30. The lowest BCUT2D eigenvalue weighted by molar-refractivity contribution is -0.106. The van der Waals surface area contributed by atoms with Crippen LogP contribution >= 0.6 is 0 Å². The summed E-state index contributed by atoms with van der Waals surface area (Å²) in [5, 5.41) is 12.6. The van der Waals surface area contributed by atoms with E-state index in [0.717, 1.165) is 48.3 Å². The summed E-state index contributed by atoms with van der Waals surface area (Å²) in [5.74, 6) is 1.19. The van der Waals surface area contributed by atoms with Gasteiger partial charge in [0.15, 0.2) is 6.29 Å². The van der Waals surface area contributed by atoms with Gasteiger partial charge in [-0.3, -0.25) is 0 Å². The summed E-state index contributed by atoms with van der Waals surface area (Å²) >= 11 is 0. The Labute approximate surface area is 202 Å². The first-order chi connectivity index (χ1) is 16.4. The molecule has 0 aromatic heterocycles. The zero-order chi connectivity index (χ0) is 23.7. The lowest BCUT2D eigenvalue weighted by Crippen LogP contribution is -2.27. The molecule has 2 atom stereocenters. The van der Waals surface area contributed by atoms with Crippen molar-refractivity contribution in [1.82, 2.24) is 0 Å². The Morgan fingerprint density at radius 2 is 1.47 bits per heavy atom. The van der Waals surface area contributed by atoms with Gasteiger partial charge in [-0.1, -0.05) is 60.7 Å². The van der Waals surface area contributed by atoms with Gasteiger partial charge >= 0.3 is 0 Å². The number of hydrogen-bond acceptors (Lipinski definition) is 3. The van der Waals surface area contributed by atoms with Crippen LogP contribution in [0.2, 0.25) is 0 Å². The molecule has 1 saturated heterocycles. The maximum absolute atomic E-state index is 10.2. The molecule has 34 heavy (non-hydrogen) atoms. The van der Waals surface area contributed by atoms with Gasteiger partial charge in [0.25, 0.3) is 0 Å². The summed E-state index contributed by atoms with van der Waals surface area (Å²) in [6.45, 7) is 7.08. The second-order valence-corrected chi connectivity index (χ2v) is 9.58. The fraction of sp³-hybridized carbons (Fsp3) is 0.290. The fourth-order valence-electron chi connectivity index (χ4n) is 5.01. The number of phenols is 1. The second-order valence-electron chi connectivity index (χ2n) is 9.58. The van der Waals surface area contributed by atoms with Crippen LogP contribution in [0.1, 0.15) is 54.0 Å². The van der Waals surface area contributed by atoms with Gasteiger partial charge in [-0.25, -0.2) is 0 Å². The minimum Gasteiger partial charge on any atom is -0.508 e. The van der Waals surface area contributed by atoms with E-state index >= 15 is 0 Å². The molecule has 4 aromatic rings. The highest BCUT2D eigenvalue weighted by Crippen LogP contribution is 2.42. The monoisotopic (exact) mass is 452 g/mol. The predicted octanol–water partition coefficient (Wildman–Crippen LogP) is 7.42. The first-order valence-corrected chi connectivity index (χ1v) is 12.1. The molecule has 0 aliphatic carbocycles. The van der Waals surface area contributed by atoms with Gasteiger partial charge in [-0.2, -0.15) is 0 Å². The van der Waals surface area contributed by atoms with Crippen LogP contribution < -0.4 is 4.74 Å². The van der Waals surface area contributed by atoms with Crippen LogP contribution in [0.15, 0.2) is 78.9 Å². The molecule has 1 heterocycles. The molecule has 1 aliphatic heterocycles. The van der Waals surface area contributed by atoms with E-state index in [0.29, 0.717) is 5.75 Å². The van der Waals surface area contributed by atoms with E-state index in [4.69, 9.17) is 9.47 Å². The van der Waals surface area contributed by atoms with Crippen LogP contribution in [0.4, 0.5) is 0 Å². The minimum atomic E-state index is -0.410. The fourth-order valence-corrected chi connectivity index (χ4v) is 5.01. The van der Waals surface area contributed by atoms with Crippen molar-refractivity contribution in [3.63, 3.8) is 0 Å². The molecule has 0 saturated carbocycles. The number of benzene rings is 4. The Kier molecular flexibility index (Phi) is 6.05. The van der Waals surface area contributed by atoms with E-state index < -0.39 is 5.41 Å². The average Bonchev–Trinajstić information content (AvgIpc) is 2.86. The summed E-state index contributed by atoms with van der Waals surface area (Å²) in [5.41, 5.74) is 5.08. The number of fused-ring (bicyclic) bond motifs is 1. The summed E-state index contributed by atoms with van der Waals surface area (Å²) in [4.78, 5) is 0.